The van der Waals surface area contributed by atoms with E-state index in [1.807, 2.05) is 24.3 Å². The molecule has 0 aliphatic rings. The molecule has 11 rings (SSSR count). The zero-order chi connectivity index (χ0) is 37.7. The lowest BCUT2D eigenvalue weighted by molar-refractivity contribution is 1.17. The lowest BCUT2D eigenvalue weighted by Gasteiger charge is -2.16. The van der Waals surface area contributed by atoms with E-state index in [4.69, 9.17) is 15.0 Å². The molecule has 0 unspecified atom stereocenters. The summed E-state index contributed by atoms with van der Waals surface area (Å²) in [6.07, 6.45) is 0. The Morgan fingerprint density at radius 1 is 0.316 bits per heavy atom. The van der Waals surface area contributed by atoms with Crippen LogP contribution in [0.1, 0.15) is 0 Å². The van der Waals surface area contributed by atoms with Crippen LogP contribution >= 0.6 is 0 Å². The first-order valence-corrected chi connectivity index (χ1v) is 19.3. The molecule has 4 nitrogen and oxygen atoms in total. The summed E-state index contributed by atoms with van der Waals surface area (Å²) >= 11 is 0. The minimum atomic E-state index is 0.676. The van der Waals surface area contributed by atoms with Crippen molar-refractivity contribution in [1.82, 2.24) is 19.5 Å². The Kier molecular flexibility index (Phi) is 7.78. The average Bonchev–Trinajstić information content (AvgIpc) is 3.63. The molecule has 4 heteroatoms. The fraction of sp³-hybridized carbons (Fsp3) is 0. The van der Waals surface area contributed by atoms with E-state index < -0.39 is 0 Å². The predicted molar refractivity (Wildman–Crippen MR) is 236 cm³/mol. The summed E-state index contributed by atoms with van der Waals surface area (Å²) in [5.41, 5.74) is 13.4. The Bertz CT molecular complexity index is 3210. The summed E-state index contributed by atoms with van der Waals surface area (Å²) in [6.45, 7) is 0. The molecule has 0 saturated carbocycles. The van der Waals surface area contributed by atoms with E-state index in [-0.39, 0.29) is 0 Å². The molecule has 11 aromatic rings. The predicted octanol–water partition coefficient (Wildman–Crippen LogP) is 13.6. The van der Waals surface area contributed by atoms with E-state index >= 15 is 0 Å². The van der Waals surface area contributed by atoms with Crippen molar-refractivity contribution in [2.45, 2.75) is 0 Å². The third kappa shape index (κ3) is 5.66. The van der Waals surface area contributed by atoms with E-state index in [9.17, 15) is 0 Å². The van der Waals surface area contributed by atoms with Crippen molar-refractivity contribution in [2.24, 2.45) is 0 Å². The largest absolute Gasteiger partial charge is 0.309 e. The minimum Gasteiger partial charge on any atom is -0.309 e. The quantitative estimate of drug-likeness (QED) is 0.160. The number of hydrogen-bond donors (Lipinski definition) is 0. The molecule has 57 heavy (non-hydrogen) atoms. The van der Waals surface area contributed by atoms with Gasteiger partial charge in [-0.15, -0.1) is 0 Å². The summed E-state index contributed by atoms with van der Waals surface area (Å²) in [4.78, 5) is 15.9. The van der Waals surface area contributed by atoms with Crippen LogP contribution in [0.25, 0.3) is 105 Å². The number of aromatic nitrogens is 4. The van der Waals surface area contributed by atoms with Crippen molar-refractivity contribution in [3.8, 4) is 62.0 Å². The first-order valence-electron chi connectivity index (χ1n) is 19.3. The molecule has 3 heterocycles. The zero-order valence-corrected chi connectivity index (χ0v) is 30.9. The third-order valence-corrected chi connectivity index (χ3v) is 11.0. The van der Waals surface area contributed by atoms with Crippen molar-refractivity contribution in [1.29, 1.82) is 0 Å². The van der Waals surface area contributed by atoms with Gasteiger partial charge in [0.05, 0.1) is 33.6 Å². The van der Waals surface area contributed by atoms with E-state index in [0.717, 1.165) is 77.8 Å². The molecule has 0 spiro atoms. The van der Waals surface area contributed by atoms with Crippen molar-refractivity contribution < 1.29 is 0 Å². The Morgan fingerprint density at radius 2 is 0.807 bits per heavy atom. The van der Waals surface area contributed by atoms with Gasteiger partial charge in [0.1, 0.15) is 0 Å². The molecular weight excluding hydrogens is 693 g/mol. The second-order valence-electron chi connectivity index (χ2n) is 14.4. The number of fused-ring (bicyclic) bond motifs is 6. The summed E-state index contributed by atoms with van der Waals surface area (Å²) in [6, 6.07) is 72.5. The van der Waals surface area contributed by atoms with Gasteiger partial charge in [-0.2, -0.15) is 0 Å². The van der Waals surface area contributed by atoms with Crippen LogP contribution in [0.15, 0.2) is 206 Å². The van der Waals surface area contributed by atoms with E-state index in [1.54, 1.807) is 0 Å². The molecule has 0 aliphatic heterocycles. The second kappa shape index (κ2) is 13.6. The van der Waals surface area contributed by atoms with Crippen LogP contribution in [0.3, 0.4) is 0 Å². The number of rotatable bonds is 6. The number of pyridine rings is 1. The average molecular weight is 727 g/mol. The standard InChI is InChI=1S/C53H34N4/c1-4-16-35(17-5-1)44-32-46(36-18-6-2-7-19-36)54-49-33-45(40-22-10-11-25-43(40)52(44)49)48-34-47(55-53(56-48)38-20-8-3-9-21-38)37-28-30-39(31-29-37)57-50-26-14-12-23-41(50)42-24-13-15-27-51(42)57/h1-34H. The maximum atomic E-state index is 5.36. The van der Waals surface area contributed by atoms with Gasteiger partial charge in [0, 0.05) is 44.1 Å². The van der Waals surface area contributed by atoms with Gasteiger partial charge in [-0.05, 0) is 64.4 Å². The first kappa shape index (κ1) is 32.7. The first-order chi connectivity index (χ1) is 28.3. The highest BCUT2D eigenvalue weighted by Crippen LogP contribution is 2.41. The Morgan fingerprint density at radius 3 is 1.46 bits per heavy atom. The molecule has 0 bridgehead atoms. The Hall–Kier alpha value is -7.69. The van der Waals surface area contributed by atoms with Gasteiger partial charge in [-0.1, -0.05) is 164 Å². The van der Waals surface area contributed by atoms with E-state index in [0.29, 0.717) is 5.82 Å². The number of hydrogen-bond acceptors (Lipinski definition) is 3. The number of nitrogens with zero attached hydrogens (tertiary/aromatic N) is 4. The minimum absolute atomic E-state index is 0.676. The molecule has 0 N–H and O–H groups in total. The molecule has 3 aromatic heterocycles. The zero-order valence-electron chi connectivity index (χ0n) is 30.9. The van der Waals surface area contributed by atoms with Crippen LogP contribution in [-0.4, -0.2) is 19.5 Å². The van der Waals surface area contributed by atoms with Gasteiger partial charge >= 0.3 is 0 Å². The van der Waals surface area contributed by atoms with Gasteiger partial charge in [-0.3, -0.25) is 0 Å². The SMILES string of the molecule is c1ccc(-c2cc(-c3ccccc3)c3c(cc(-c4cc(-c5ccc(-n6c7ccccc7c7ccccc76)cc5)nc(-c5ccccc5)n4)c4ccccc43)n2)cc1. The second-order valence-corrected chi connectivity index (χ2v) is 14.4. The Labute approximate surface area is 330 Å². The lowest BCUT2D eigenvalue weighted by Crippen LogP contribution is -1.98. The fourth-order valence-corrected chi connectivity index (χ4v) is 8.35. The molecule has 0 aliphatic carbocycles. The summed E-state index contributed by atoms with van der Waals surface area (Å²) < 4.78 is 2.34. The highest BCUT2D eigenvalue weighted by molar-refractivity contribution is 6.18. The van der Waals surface area contributed by atoms with Gasteiger partial charge < -0.3 is 4.57 Å². The van der Waals surface area contributed by atoms with Crippen molar-refractivity contribution >= 4 is 43.5 Å². The summed E-state index contributed by atoms with van der Waals surface area (Å²) in [5.74, 6) is 0.676. The van der Waals surface area contributed by atoms with E-state index in [2.05, 4.69) is 187 Å². The van der Waals surface area contributed by atoms with E-state index in [1.165, 1.54) is 21.8 Å². The lowest BCUT2D eigenvalue weighted by atomic mass is 9.91. The van der Waals surface area contributed by atoms with Gasteiger partial charge in [0.25, 0.3) is 0 Å². The van der Waals surface area contributed by atoms with Crippen molar-refractivity contribution in [3.05, 3.63) is 206 Å². The maximum absolute atomic E-state index is 5.36. The molecule has 0 saturated heterocycles. The maximum Gasteiger partial charge on any atom is 0.160 e. The monoisotopic (exact) mass is 726 g/mol. The normalized spacial score (nSPS) is 11.5. The van der Waals surface area contributed by atoms with Crippen LogP contribution < -0.4 is 0 Å². The molecule has 0 fully saturated rings. The highest BCUT2D eigenvalue weighted by Gasteiger charge is 2.19. The number of para-hydroxylation sites is 2. The van der Waals surface area contributed by atoms with Crippen LogP contribution in [0, 0.1) is 0 Å². The van der Waals surface area contributed by atoms with Crippen LogP contribution in [0.4, 0.5) is 0 Å². The topological polar surface area (TPSA) is 43.6 Å². The third-order valence-electron chi connectivity index (χ3n) is 11.0. The van der Waals surface area contributed by atoms with Crippen LogP contribution in [-0.2, 0) is 0 Å². The van der Waals surface area contributed by atoms with Crippen molar-refractivity contribution in [3.63, 3.8) is 0 Å². The Balaban J connectivity index is 1.12. The van der Waals surface area contributed by atoms with Crippen molar-refractivity contribution in [2.75, 3.05) is 0 Å². The molecule has 266 valence electrons. The fourth-order valence-electron chi connectivity index (χ4n) is 8.35. The van der Waals surface area contributed by atoms with Gasteiger partial charge in [-0.25, -0.2) is 15.0 Å². The van der Waals surface area contributed by atoms with Gasteiger partial charge in [0.15, 0.2) is 5.82 Å². The van der Waals surface area contributed by atoms with Crippen LogP contribution in [0.2, 0.25) is 0 Å². The van der Waals surface area contributed by atoms with Gasteiger partial charge in [0.2, 0.25) is 0 Å². The molecule has 0 atom stereocenters. The summed E-state index contributed by atoms with van der Waals surface area (Å²) in [7, 11) is 0. The molecular formula is C53H34N4. The van der Waals surface area contributed by atoms with Crippen LogP contribution in [0.5, 0.6) is 0 Å². The smallest absolute Gasteiger partial charge is 0.160 e. The summed E-state index contributed by atoms with van der Waals surface area (Å²) in [5, 5.41) is 5.86. The molecule has 0 amide bonds. The highest BCUT2D eigenvalue weighted by atomic mass is 15.0. The molecule has 0 radical (unpaired) electrons. The number of benzene rings is 8. The molecule has 8 aromatic carbocycles.